The van der Waals surface area contributed by atoms with Gasteiger partial charge in [0.25, 0.3) is 0 Å². The van der Waals surface area contributed by atoms with Crippen molar-refractivity contribution in [1.82, 2.24) is 4.90 Å². The SMILES string of the molecule is CC(C)[C@@H](CO)N1C=[N+]([C@H](C)c2ccccc2)CC1. The van der Waals surface area contributed by atoms with Crippen molar-refractivity contribution in [2.45, 2.75) is 32.9 Å². The van der Waals surface area contributed by atoms with E-state index in [-0.39, 0.29) is 12.6 Å². The Morgan fingerprint density at radius 3 is 2.47 bits per heavy atom. The molecule has 1 aliphatic rings. The lowest BCUT2D eigenvalue weighted by Crippen LogP contribution is -2.39. The van der Waals surface area contributed by atoms with Crippen molar-refractivity contribution < 1.29 is 9.68 Å². The maximum Gasteiger partial charge on any atom is 0.235 e. The van der Waals surface area contributed by atoms with Crippen LogP contribution >= 0.6 is 0 Å². The first-order valence-corrected chi connectivity index (χ1v) is 7.15. The molecule has 0 saturated heterocycles. The Kier molecular flexibility index (Phi) is 4.59. The summed E-state index contributed by atoms with van der Waals surface area (Å²) in [7, 11) is 0. The van der Waals surface area contributed by atoms with E-state index in [1.807, 2.05) is 0 Å². The van der Waals surface area contributed by atoms with Crippen LogP contribution in [0.1, 0.15) is 32.4 Å². The fraction of sp³-hybridized carbons (Fsp3) is 0.562. The average Bonchev–Trinajstić information content (AvgIpc) is 2.89. The summed E-state index contributed by atoms with van der Waals surface area (Å²) >= 11 is 0. The van der Waals surface area contributed by atoms with Crippen molar-refractivity contribution >= 4 is 6.34 Å². The first-order chi connectivity index (χ1) is 9.13. The maximum absolute atomic E-state index is 9.52. The van der Waals surface area contributed by atoms with Crippen molar-refractivity contribution in [2.24, 2.45) is 5.92 Å². The minimum atomic E-state index is 0.224. The summed E-state index contributed by atoms with van der Waals surface area (Å²) in [6.07, 6.45) is 2.19. The fourth-order valence-electron chi connectivity index (χ4n) is 2.70. The van der Waals surface area contributed by atoms with Crippen LogP contribution in [0.3, 0.4) is 0 Å². The first kappa shape index (κ1) is 14.1. The molecule has 2 rings (SSSR count). The molecule has 0 bridgehead atoms. The highest BCUT2D eigenvalue weighted by Crippen LogP contribution is 2.19. The minimum Gasteiger partial charge on any atom is -0.392 e. The largest absolute Gasteiger partial charge is 0.392 e. The summed E-state index contributed by atoms with van der Waals surface area (Å²) in [6.45, 7) is 8.82. The number of nitrogens with zero attached hydrogens (tertiary/aromatic N) is 2. The molecule has 1 aromatic rings. The maximum atomic E-state index is 9.52. The third kappa shape index (κ3) is 3.16. The highest BCUT2D eigenvalue weighted by Gasteiger charge is 2.31. The van der Waals surface area contributed by atoms with E-state index in [1.54, 1.807) is 0 Å². The van der Waals surface area contributed by atoms with E-state index in [0.29, 0.717) is 12.0 Å². The highest BCUT2D eigenvalue weighted by molar-refractivity contribution is 5.51. The summed E-state index contributed by atoms with van der Waals surface area (Å²) in [5, 5.41) is 9.52. The number of rotatable bonds is 5. The number of hydrogen-bond donors (Lipinski definition) is 1. The third-order valence-electron chi connectivity index (χ3n) is 4.08. The molecule has 1 heterocycles. The van der Waals surface area contributed by atoms with E-state index in [1.165, 1.54) is 5.56 Å². The summed E-state index contributed by atoms with van der Waals surface area (Å²) < 4.78 is 2.36. The van der Waals surface area contributed by atoms with Crippen LogP contribution in [0.2, 0.25) is 0 Å². The van der Waals surface area contributed by atoms with Gasteiger partial charge in [0.2, 0.25) is 6.34 Å². The molecule has 1 aliphatic heterocycles. The molecular weight excluding hydrogens is 236 g/mol. The number of aliphatic hydroxyl groups excluding tert-OH is 1. The Labute approximate surface area is 116 Å². The van der Waals surface area contributed by atoms with Crippen LogP contribution in [0.4, 0.5) is 0 Å². The molecule has 0 saturated carbocycles. The van der Waals surface area contributed by atoms with Gasteiger partial charge in [0, 0.05) is 0 Å². The molecule has 0 amide bonds. The molecule has 0 aromatic heterocycles. The van der Waals surface area contributed by atoms with Gasteiger partial charge in [0.15, 0.2) is 0 Å². The van der Waals surface area contributed by atoms with Crippen LogP contribution in [-0.4, -0.2) is 46.7 Å². The van der Waals surface area contributed by atoms with Crippen LogP contribution in [-0.2, 0) is 0 Å². The molecule has 3 heteroatoms. The molecule has 0 unspecified atom stereocenters. The predicted molar refractivity (Wildman–Crippen MR) is 78.5 cm³/mol. The van der Waals surface area contributed by atoms with Gasteiger partial charge < -0.3 is 5.11 Å². The summed E-state index contributed by atoms with van der Waals surface area (Å²) in [5.74, 6) is 0.466. The topological polar surface area (TPSA) is 26.5 Å². The van der Waals surface area contributed by atoms with Gasteiger partial charge in [0.1, 0.15) is 25.2 Å². The van der Waals surface area contributed by atoms with Crippen molar-refractivity contribution in [1.29, 1.82) is 0 Å². The van der Waals surface area contributed by atoms with Gasteiger partial charge in [0.05, 0.1) is 6.61 Å². The van der Waals surface area contributed by atoms with Crippen LogP contribution in [0.5, 0.6) is 0 Å². The van der Waals surface area contributed by atoms with Gasteiger partial charge in [-0.1, -0.05) is 44.2 Å². The average molecular weight is 261 g/mol. The lowest BCUT2D eigenvalue weighted by atomic mass is 10.0. The smallest absolute Gasteiger partial charge is 0.235 e. The lowest BCUT2D eigenvalue weighted by molar-refractivity contribution is -0.555. The van der Waals surface area contributed by atoms with E-state index in [9.17, 15) is 5.11 Å². The van der Waals surface area contributed by atoms with Gasteiger partial charge in [-0.25, -0.2) is 0 Å². The van der Waals surface area contributed by atoms with Gasteiger partial charge in [-0.3, -0.25) is 9.48 Å². The molecule has 1 aromatic carbocycles. The predicted octanol–water partition coefficient (Wildman–Crippen LogP) is 2.12. The van der Waals surface area contributed by atoms with Gasteiger partial charge in [-0.05, 0) is 18.4 Å². The van der Waals surface area contributed by atoms with Crippen molar-refractivity contribution in [2.75, 3.05) is 19.7 Å². The van der Waals surface area contributed by atoms with Crippen LogP contribution in [0.15, 0.2) is 30.3 Å². The molecule has 1 N–H and O–H groups in total. The standard InChI is InChI=1S/C16H25N2O/c1-13(2)16(11-19)18-10-9-17(12-18)14(3)15-7-5-4-6-8-15/h4-8,12-14,16,19H,9-11H2,1-3H3/q+1/t14-,16-/m1/s1. The molecule has 19 heavy (non-hydrogen) atoms. The molecular formula is C16H25N2O+. The third-order valence-corrected chi connectivity index (χ3v) is 4.08. The Morgan fingerprint density at radius 2 is 1.89 bits per heavy atom. The normalized spacial score (nSPS) is 18.6. The Morgan fingerprint density at radius 1 is 1.21 bits per heavy atom. The van der Waals surface area contributed by atoms with E-state index >= 15 is 0 Å². The highest BCUT2D eigenvalue weighted by atomic mass is 16.3. The first-order valence-electron chi connectivity index (χ1n) is 7.15. The Hall–Kier alpha value is -1.35. The number of aliphatic hydroxyl groups is 1. The van der Waals surface area contributed by atoms with Crippen LogP contribution < -0.4 is 0 Å². The van der Waals surface area contributed by atoms with Gasteiger partial charge in [-0.15, -0.1) is 0 Å². The Balaban J connectivity index is 2.10. The number of hydrogen-bond acceptors (Lipinski definition) is 2. The van der Waals surface area contributed by atoms with E-state index in [2.05, 4.69) is 66.9 Å². The second-order valence-electron chi connectivity index (χ2n) is 5.67. The molecule has 2 atom stereocenters. The molecule has 0 aliphatic carbocycles. The molecule has 104 valence electrons. The zero-order chi connectivity index (χ0) is 13.8. The summed E-state index contributed by atoms with van der Waals surface area (Å²) in [4.78, 5) is 2.28. The summed E-state index contributed by atoms with van der Waals surface area (Å²) in [5.41, 5.74) is 1.34. The Bertz CT molecular complexity index is 428. The second kappa shape index (κ2) is 6.20. The molecule has 0 fully saturated rings. The molecule has 3 nitrogen and oxygen atoms in total. The summed E-state index contributed by atoms with van der Waals surface area (Å²) in [6, 6.07) is 11.2. The van der Waals surface area contributed by atoms with Crippen LogP contribution in [0, 0.1) is 5.92 Å². The van der Waals surface area contributed by atoms with Crippen molar-refractivity contribution in [3.63, 3.8) is 0 Å². The molecule has 0 spiro atoms. The van der Waals surface area contributed by atoms with E-state index < -0.39 is 0 Å². The minimum absolute atomic E-state index is 0.224. The monoisotopic (exact) mass is 261 g/mol. The lowest BCUT2D eigenvalue weighted by Gasteiger charge is -2.21. The van der Waals surface area contributed by atoms with Gasteiger partial charge >= 0.3 is 0 Å². The quantitative estimate of drug-likeness (QED) is 0.822. The second-order valence-corrected chi connectivity index (χ2v) is 5.67. The van der Waals surface area contributed by atoms with E-state index in [4.69, 9.17) is 0 Å². The van der Waals surface area contributed by atoms with Crippen LogP contribution in [0.25, 0.3) is 0 Å². The zero-order valence-electron chi connectivity index (χ0n) is 12.2. The van der Waals surface area contributed by atoms with E-state index in [0.717, 1.165) is 13.1 Å². The molecule has 0 radical (unpaired) electrons. The fourth-order valence-corrected chi connectivity index (χ4v) is 2.70. The van der Waals surface area contributed by atoms with Gasteiger partial charge in [-0.2, -0.15) is 0 Å². The van der Waals surface area contributed by atoms with Crippen molar-refractivity contribution in [3.05, 3.63) is 35.9 Å². The number of benzene rings is 1. The van der Waals surface area contributed by atoms with Crippen molar-refractivity contribution in [3.8, 4) is 0 Å². The zero-order valence-corrected chi connectivity index (χ0v) is 12.2.